The molecule has 0 radical (unpaired) electrons. The first-order valence-electron chi connectivity index (χ1n) is 5.91. The second kappa shape index (κ2) is 4.47. The van der Waals surface area contributed by atoms with E-state index in [0.29, 0.717) is 15.7 Å². The number of nitrogens with one attached hydrogen (secondary N) is 2. The van der Waals surface area contributed by atoms with Crippen LogP contribution in [0.15, 0.2) is 41.5 Å². The smallest absolute Gasteiger partial charge is 0.276 e. The number of hydrogen-bond acceptors (Lipinski definition) is 3. The number of benzene rings is 1. The maximum absolute atomic E-state index is 11.7. The minimum absolute atomic E-state index is 0.0277. The molecule has 3 aromatic rings. The van der Waals surface area contributed by atoms with Crippen molar-refractivity contribution in [3.05, 3.63) is 57.2 Å². The van der Waals surface area contributed by atoms with Crippen LogP contribution < -0.4 is 5.56 Å². The van der Waals surface area contributed by atoms with E-state index in [0.717, 1.165) is 5.56 Å². The third-order valence-corrected chi connectivity index (χ3v) is 3.63. The monoisotopic (exact) mass is 272 g/mol. The fourth-order valence-electron chi connectivity index (χ4n) is 2.11. The van der Waals surface area contributed by atoms with Crippen LogP contribution >= 0.6 is 12.2 Å². The Hall–Kier alpha value is -2.21. The average Bonchev–Trinajstić information content (AvgIpc) is 2.82. The van der Waals surface area contributed by atoms with Crippen molar-refractivity contribution in [2.75, 3.05) is 0 Å². The maximum Gasteiger partial charge on any atom is 0.276 e. The van der Waals surface area contributed by atoms with Crippen molar-refractivity contribution in [1.29, 1.82) is 0 Å². The van der Waals surface area contributed by atoms with Crippen LogP contribution in [0.4, 0.5) is 0 Å². The zero-order chi connectivity index (χ0) is 13.4. The van der Waals surface area contributed by atoms with Crippen molar-refractivity contribution in [3.8, 4) is 0 Å². The van der Waals surface area contributed by atoms with Crippen LogP contribution in [0, 0.1) is 4.64 Å². The average molecular weight is 272 g/mol. The summed E-state index contributed by atoms with van der Waals surface area (Å²) in [5.41, 5.74) is 1.38. The van der Waals surface area contributed by atoms with Crippen molar-refractivity contribution in [1.82, 2.24) is 19.7 Å². The number of H-pyrrole nitrogens is 2. The van der Waals surface area contributed by atoms with Crippen molar-refractivity contribution >= 4 is 23.3 Å². The normalized spacial score (nSPS) is 12.7. The molecule has 0 bridgehead atoms. The minimum Gasteiger partial charge on any atom is -0.315 e. The lowest BCUT2D eigenvalue weighted by molar-refractivity contribution is 0.620. The van der Waals surface area contributed by atoms with Gasteiger partial charge in [-0.05, 0) is 12.5 Å². The number of aromatic amines is 2. The summed E-state index contributed by atoms with van der Waals surface area (Å²) in [7, 11) is 0. The molecule has 2 aromatic heterocycles. The fourth-order valence-corrected chi connectivity index (χ4v) is 2.51. The summed E-state index contributed by atoms with van der Waals surface area (Å²) < 4.78 is 2.32. The molecule has 6 heteroatoms. The molecule has 0 aliphatic rings. The van der Waals surface area contributed by atoms with E-state index < -0.39 is 0 Å². The van der Waals surface area contributed by atoms with Crippen LogP contribution in [0.2, 0.25) is 0 Å². The lowest BCUT2D eigenvalue weighted by Gasteiger charge is -2.15. The SMILES string of the molecule is CC(c1ccccc1)n1cnc2[nH][nH]c(=O)c2c1=S. The van der Waals surface area contributed by atoms with Gasteiger partial charge in [0.2, 0.25) is 0 Å². The van der Waals surface area contributed by atoms with Crippen molar-refractivity contribution in [2.45, 2.75) is 13.0 Å². The molecule has 0 saturated heterocycles. The Morgan fingerprint density at radius 3 is 2.74 bits per heavy atom. The van der Waals surface area contributed by atoms with Gasteiger partial charge in [-0.15, -0.1) is 0 Å². The second-order valence-corrected chi connectivity index (χ2v) is 4.73. The van der Waals surface area contributed by atoms with Crippen LogP contribution in [-0.2, 0) is 0 Å². The summed E-state index contributed by atoms with van der Waals surface area (Å²) in [6.07, 6.45) is 1.66. The molecule has 0 saturated carbocycles. The lowest BCUT2D eigenvalue weighted by atomic mass is 10.1. The van der Waals surface area contributed by atoms with E-state index >= 15 is 0 Å². The van der Waals surface area contributed by atoms with Gasteiger partial charge in [0, 0.05) is 0 Å². The predicted molar refractivity (Wildman–Crippen MR) is 75.8 cm³/mol. The number of nitrogens with zero attached hydrogens (tertiary/aromatic N) is 2. The molecule has 0 amide bonds. The van der Waals surface area contributed by atoms with E-state index in [4.69, 9.17) is 12.2 Å². The van der Waals surface area contributed by atoms with E-state index in [1.807, 2.05) is 41.8 Å². The molecule has 0 aliphatic heterocycles. The van der Waals surface area contributed by atoms with Gasteiger partial charge in [0.25, 0.3) is 5.56 Å². The standard InChI is InChI=1S/C13H12N4OS/c1-8(9-5-3-2-4-6-9)17-7-14-11-10(13(17)19)12(18)16-15-11/h2-8H,1H3,(H2,15,16,18). The largest absolute Gasteiger partial charge is 0.315 e. The van der Waals surface area contributed by atoms with Gasteiger partial charge in [-0.1, -0.05) is 42.5 Å². The van der Waals surface area contributed by atoms with E-state index in [1.165, 1.54) is 0 Å². The number of rotatable bonds is 2. The van der Waals surface area contributed by atoms with E-state index in [-0.39, 0.29) is 11.6 Å². The van der Waals surface area contributed by atoms with Gasteiger partial charge in [-0.2, -0.15) is 0 Å². The van der Waals surface area contributed by atoms with Gasteiger partial charge in [-0.25, -0.2) is 4.98 Å². The first kappa shape index (κ1) is 11.9. The van der Waals surface area contributed by atoms with E-state index in [1.54, 1.807) is 6.33 Å². The van der Waals surface area contributed by atoms with Gasteiger partial charge in [0.05, 0.1) is 12.4 Å². The molecule has 5 nitrogen and oxygen atoms in total. The van der Waals surface area contributed by atoms with Gasteiger partial charge < -0.3 is 4.57 Å². The van der Waals surface area contributed by atoms with Crippen molar-refractivity contribution < 1.29 is 0 Å². The Kier molecular flexibility index (Phi) is 2.79. The highest BCUT2D eigenvalue weighted by Crippen LogP contribution is 2.19. The zero-order valence-corrected chi connectivity index (χ0v) is 11.1. The third kappa shape index (κ3) is 1.90. The molecular formula is C13H12N4OS. The summed E-state index contributed by atoms with van der Waals surface area (Å²) >= 11 is 5.39. The minimum atomic E-state index is -0.234. The van der Waals surface area contributed by atoms with Crippen LogP contribution in [0.25, 0.3) is 11.0 Å². The lowest BCUT2D eigenvalue weighted by Crippen LogP contribution is -2.11. The zero-order valence-electron chi connectivity index (χ0n) is 10.3. The highest BCUT2D eigenvalue weighted by molar-refractivity contribution is 7.71. The topological polar surface area (TPSA) is 66.5 Å². The van der Waals surface area contributed by atoms with Gasteiger partial charge in [0.15, 0.2) is 5.65 Å². The van der Waals surface area contributed by atoms with Gasteiger partial charge >= 0.3 is 0 Å². The molecule has 19 heavy (non-hydrogen) atoms. The summed E-state index contributed by atoms with van der Waals surface area (Å²) in [5, 5.41) is 5.64. The molecule has 2 heterocycles. The molecule has 0 fully saturated rings. The summed E-state index contributed by atoms with van der Waals surface area (Å²) in [4.78, 5) is 15.9. The molecule has 1 unspecified atom stereocenters. The second-order valence-electron chi connectivity index (χ2n) is 4.35. The van der Waals surface area contributed by atoms with Crippen molar-refractivity contribution in [3.63, 3.8) is 0 Å². The first-order chi connectivity index (χ1) is 9.18. The molecule has 0 aliphatic carbocycles. The first-order valence-corrected chi connectivity index (χ1v) is 6.32. The van der Waals surface area contributed by atoms with Crippen LogP contribution in [-0.4, -0.2) is 19.7 Å². The molecular weight excluding hydrogens is 260 g/mol. The molecule has 1 atom stereocenters. The highest BCUT2D eigenvalue weighted by atomic mass is 32.1. The molecule has 1 aromatic carbocycles. The molecule has 2 N–H and O–H groups in total. The Morgan fingerprint density at radius 1 is 1.26 bits per heavy atom. The highest BCUT2D eigenvalue weighted by Gasteiger charge is 2.12. The van der Waals surface area contributed by atoms with Crippen LogP contribution in [0.1, 0.15) is 18.5 Å². The molecule has 0 spiro atoms. The summed E-state index contributed by atoms with van der Waals surface area (Å²) in [6, 6.07) is 10.00. The quantitative estimate of drug-likeness (QED) is 0.704. The Balaban J connectivity index is 2.21. The van der Waals surface area contributed by atoms with Crippen molar-refractivity contribution in [2.24, 2.45) is 0 Å². The maximum atomic E-state index is 11.7. The van der Waals surface area contributed by atoms with Gasteiger partial charge in [0.1, 0.15) is 10.0 Å². The number of aromatic nitrogens is 4. The summed E-state index contributed by atoms with van der Waals surface area (Å²) in [6.45, 7) is 2.03. The fraction of sp³-hybridized carbons (Fsp3) is 0.154. The number of hydrogen-bond donors (Lipinski definition) is 2. The Morgan fingerprint density at radius 2 is 2.00 bits per heavy atom. The predicted octanol–water partition coefficient (Wildman–Crippen LogP) is 2.39. The Labute approximate surface area is 113 Å². The third-order valence-electron chi connectivity index (χ3n) is 3.22. The van der Waals surface area contributed by atoms with Crippen LogP contribution in [0.5, 0.6) is 0 Å². The molecule has 96 valence electrons. The molecule has 3 rings (SSSR count). The van der Waals surface area contributed by atoms with E-state index in [2.05, 4.69) is 15.2 Å². The van der Waals surface area contributed by atoms with E-state index in [9.17, 15) is 4.79 Å². The Bertz CT molecular complexity index is 831. The van der Waals surface area contributed by atoms with Crippen LogP contribution in [0.3, 0.4) is 0 Å². The number of fused-ring (bicyclic) bond motifs is 1. The summed E-state index contributed by atoms with van der Waals surface area (Å²) in [5.74, 6) is 0. The van der Waals surface area contributed by atoms with Gasteiger partial charge in [-0.3, -0.25) is 15.0 Å².